The van der Waals surface area contributed by atoms with E-state index in [4.69, 9.17) is 5.11 Å². The molecule has 1 rings (SSSR count). The molecule has 0 aliphatic heterocycles. The molecule has 2 N–H and O–H groups in total. The molecule has 140 valence electrons. The van der Waals surface area contributed by atoms with Gasteiger partial charge in [-0.15, -0.1) is 0 Å². The van der Waals surface area contributed by atoms with Gasteiger partial charge in [-0.1, -0.05) is 71.1 Å². The number of unbranched alkanes of at least 4 members (excludes halogenated alkanes) is 7. The molecule has 24 heavy (non-hydrogen) atoms. The molecule has 1 fully saturated rings. The first kappa shape index (κ1) is 21.0. The number of rotatable bonds is 13. The molecule has 0 atom stereocenters. The van der Waals surface area contributed by atoms with Crippen LogP contribution in [0.3, 0.4) is 0 Å². The molecule has 0 bridgehead atoms. The van der Waals surface area contributed by atoms with E-state index in [2.05, 4.69) is 12.2 Å². The van der Waals surface area contributed by atoms with Gasteiger partial charge in [-0.3, -0.25) is 9.59 Å². The Kier molecular flexibility index (Phi) is 10.8. The van der Waals surface area contributed by atoms with Crippen LogP contribution in [0.5, 0.6) is 0 Å². The Labute approximate surface area is 147 Å². The average molecular weight is 340 g/mol. The minimum absolute atomic E-state index is 0.0938. The fourth-order valence-electron chi connectivity index (χ4n) is 3.83. The Morgan fingerprint density at radius 1 is 0.917 bits per heavy atom. The highest BCUT2D eigenvalue weighted by atomic mass is 16.4. The Bertz CT molecular complexity index is 362. The monoisotopic (exact) mass is 339 g/mol. The Balaban J connectivity index is 2.13. The highest BCUT2D eigenvalue weighted by Crippen LogP contribution is 2.38. The Hall–Kier alpha value is -1.06. The number of carboxylic acids is 1. The van der Waals surface area contributed by atoms with Crippen LogP contribution >= 0.6 is 0 Å². The van der Waals surface area contributed by atoms with Crippen LogP contribution in [0.15, 0.2) is 0 Å². The van der Waals surface area contributed by atoms with Gasteiger partial charge in [0.15, 0.2) is 0 Å². The van der Waals surface area contributed by atoms with E-state index in [-0.39, 0.29) is 17.7 Å². The van der Waals surface area contributed by atoms with E-state index in [0.29, 0.717) is 13.0 Å². The standard InChI is InChI=1S/C20H37NO3/c1-2-3-4-5-6-7-8-10-13-18(22)21-17-20(16-19(23)24)14-11-9-12-15-20/h2-17H2,1H3,(H,21,22)(H,23,24). The van der Waals surface area contributed by atoms with E-state index >= 15 is 0 Å². The summed E-state index contributed by atoms with van der Waals surface area (Å²) in [6.07, 6.45) is 15.8. The summed E-state index contributed by atoms with van der Waals surface area (Å²) in [5.41, 5.74) is -0.209. The van der Waals surface area contributed by atoms with Crippen LogP contribution in [-0.2, 0) is 9.59 Å². The summed E-state index contributed by atoms with van der Waals surface area (Å²) in [5.74, 6) is -0.648. The van der Waals surface area contributed by atoms with Crippen molar-refractivity contribution in [1.29, 1.82) is 0 Å². The van der Waals surface area contributed by atoms with E-state index in [1.165, 1.54) is 44.9 Å². The van der Waals surface area contributed by atoms with Crippen molar-refractivity contribution in [2.75, 3.05) is 6.54 Å². The number of hydrogen-bond acceptors (Lipinski definition) is 2. The molecule has 0 heterocycles. The van der Waals surface area contributed by atoms with Crippen molar-refractivity contribution in [2.24, 2.45) is 5.41 Å². The summed E-state index contributed by atoms with van der Waals surface area (Å²) < 4.78 is 0. The predicted octanol–water partition coefficient (Wildman–Crippen LogP) is 5.06. The summed E-state index contributed by atoms with van der Waals surface area (Å²) in [6.45, 7) is 2.77. The van der Waals surface area contributed by atoms with Crippen molar-refractivity contribution in [1.82, 2.24) is 5.32 Å². The molecule has 0 spiro atoms. The second-order valence-electron chi connectivity index (χ2n) is 7.63. The minimum atomic E-state index is -0.741. The summed E-state index contributed by atoms with van der Waals surface area (Å²) >= 11 is 0. The molecule has 0 aromatic carbocycles. The topological polar surface area (TPSA) is 66.4 Å². The van der Waals surface area contributed by atoms with E-state index in [0.717, 1.165) is 38.5 Å². The zero-order valence-corrected chi connectivity index (χ0v) is 15.6. The van der Waals surface area contributed by atoms with Gasteiger partial charge in [0.05, 0.1) is 6.42 Å². The van der Waals surface area contributed by atoms with Crippen molar-refractivity contribution in [3.8, 4) is 0 Å². The first-order valence-corrected chi connectivity index (χ1v) is 10.1. The van der Waals surface area contributed by atoms with Crippen LogP contribution < -0.4 is 5.32 Å². The summed E-state index contributed by atoms with van der Waals surface area (Å²) in [5, 5.41) is 12.2. The maximum absolute atomic E-state index is 12.0. The van der Waals surface area contributed by atoms with E-state index < -0.39 is 5.97 Å². The van der Waals surface area contributed by atoms with Crippen molar-refractivity contribution in [3.63, 3.8) is 0 Å². The van der Waals surface area contributed by atoms with Crippen LogP contribution in [0, 0.1) is 5.41 Å². The van der Waals surface area contributed by atoms with Crippen molar-refractivity contribution in [3.05, 3.63) is 0 Å². The molecule has 0 unspecified atom stereocenters. The van der Waals surface area contributed by atoms with Gasteiger partial charge in [-0.2, -0.15) is 0 Å². The van der Waals surface area contributed by atoms with Crippen molar-refractivity contribution in [2.45, 2.75) is 103 Å². The van der Waals surface area contributed by atoms with Crippen LogP contribution in [0.2, 0.25) is 0 Å². The molecule has 1 aliphatic rings. The maximum Gasteiger partial charge on any atom is 0.303 e. The third-order valence-corrected chi connectivity index (χ3v) is 5.36. The van der Waals surface area contributed by atoms with Gasteiger partial charge in [-0.05, 0) is 24.7 Å². The van der Waals surface area contributed by atoms with Gasteiger partial charge in [0, 0.05) is 13.0 Å². The van der Waals surface area contributed by atoms with Gasteiger partial charge >= 0.3 is 5.97 Å². The van der Waals surface area contributed by atoms with Crippen molar-refractivity contribution < 1.29 is 14.7 Å². The van der Waals surface area contributed by atoms with Crippen molar-refractivity contribution >= 4 is 11.9 Å². The highest BCUT2D eigenvalue weighted by Gasteiger charge is 2.34. The molecule has 1 aliphatic carbocycles. The lowest BCUT2D eigenvalue weighted by Crippen LogP contribution is -2.40. The van der Waals surface area contributed by atoms with Gasteiger partial charge in [0.1, 0.15) is 0 Å². The molecule has 1 saturated carbocycles. The average Bonchev–Trinajstić information content (AvgIpc) is 2.56. The quantitative estimate of drug-likeness (QED) is 0.461. The Morgan fingerprint density at radius 2 is 1.50 bits per heavy atom. The molecular formula is C20H37NO3. The van der Waals surface area contributed by atoms with Crippen LogP contribution in [0.25, 0.3) is 0 Å². The fourth-order valence-corrected chi connectivity index (χ4v) is 3.83. The van der Waals surface area contributed by atoms with E-state index in [9.17, 15) is 9.59 Å². The van der Waals surface area contributed by atoms with Crippen LogP contribution in [0.4, 0.5) is 0 Å². The lowest BCUT2D eigenvalue weighted by atomic mass is 9.71. The molecule has 1 amide bonds. The maximum atomic E-state index is 12.0. The third kappa shape index (κ3) is 9.29. The first-order valence-electron chi connectivity index (χ1n) is 10.1. The summed E-state index contributed by atoms with van der Waals surface area (Å²) in [7, 11) is 0. The second kappa shape index (κ2) is 12.3. The van der Waals surface area contributed by atoms with Crippen LogP contribution in [-0.4, -0.2) is 23.5 Å². The zero-order valence-electron chi connectivity index (χ0n) is 15.6. The van der Waals surface area contributed by atoms with Gasteiger partial charge in [-0.25, -0.2) is 0 Å². The number of carbonyl (C=O) groups excluding carboxylic acids is 1. The molecular weight excluding hydrogens is 302 g/mol. The lowest BCUT2D eigenvalue weighted by molar-refractivity contribution is -0.140. The highest BCUT2D eigenvalue weighted by molar-refractivity contribution is 5.76. The van der Waals surface area contributed by atoms with Crippen LogP contribution in [0.1, 0.15) is 103 Å². The number of hydrogen-bond donors (Lipinski definition) is 2. The number of carbonyl (C=O) groups is 2. The first-order chi connectivity index (χ1) is 11.6. The number of nitrogens with one attached hydrogen (secondary N) is 1. The Morgan fingerprint density at radius 3 is 2.08 bits per heavy atom. The normalized spacial score (nSPS) is 16.7. The SMILES string of the molecule is CCCCCCCCCCC(=O)NCC1(CC(=O)O)CCCCC1. The molecule has 0 aromatic heterocycles. The predicted molar refractivity (Wildman–Crippen MR) is 98.0 cm³/mol. The molecule has 4 nitrogen and oxygen atoms in total. The minimum Gasteiger partial charge on any atom is -0.481 e. The van der Waals surface area contributed by atoms with E-state index in [1.54, 1.807) is 0 Å². The molecule has 0 radical (unpaired) electrons. The van der Waals surface area contributed by atoms with Gasteiger partial charge < -0.3 is 10.4 Å². The largest absolute Gasteiger partial charge is 0.481 e. The molecule has 0 saturated heterocycles. The zero-order chi connectivity index (χ0) is 17.7. The van der Waals surface area contributed by atoms with E-state index in [1.807, 2.05) is 0 Å². The summed E-state index contributed by atoms with van der Waals surface area (Å²) in [4.78, 5) is 23.2. The lowest BCUT2D eigenvalue weighted by Gasteiger charge is -2.36. The molecule has 0 aromatic rings. The second-order valence-corrected chi connectivity index (χ2v) is 7.63. The smallest absolute Gasteiger partial charge is 0.303 e. The number of carboxylic acid groups (broad SMARTS) is 1. The number of aliphatic carboxylic acids is 1. The summed E-state index contributed by atoms with van der Waals surface area (Å²) in [6, 6.07) is 0. The van der Waals surface area contributed by atoms with Gasteiger partial charge in [0.25, 0.3) is 0 Å². The number of amides is 1. The fraction of sp³-hybridized carbons (Fsp3) is 0.900. The molecule has 4 heteroatoms. The third-order valence-electron chi connectivity index (χ3n) is 5.36. The van der Waals surface area contributed by atoms with Gasteiger partial charge in [0.2, 0.25) is 5.91 Å².